The van der Waals surface area contributed by atoms with E-state index in [0.717, 1.165) is 0 Å². The Labute approximate surface area is 169 Å². The van der Waals surface area contributed by atoms with Gasteiger partial charge in [0, 0.05) is 23.8 Å². The third kappa shape index (κ3) is 3.53. The molecule has 2 saturated heterocycles. The van der Waals surface area contributed by atoms with Gasteiger partial charge in [-0.05, 0) is 49.9 Å². The van der Waals surface area contributed by atoms with Crippen molar-refractivity contribution in [1.82, 2.24) is 4.90 Å². The average Bonchev–Trinajstić information content (AvgIpc) is 3.44. The minimum absolute atomic E-state index is 0.0767. The number of nitrogens with zero attached hydrogens (tertiary/aromatic N) is 1. The third-order valence-electron chi connectivity index (χ3n) is 6.01. The summed E-state index contributed by atoms with van der Waals surface area (Å²) in [5.74, 6) is 0.893. The van der Waals surface area contributed by atoms with E-state index >= 15 is 0 Å². The minimum atomic E-state index is -0.291. The van der Waals surface area contributed by atoms with Crippen LogP contribution in [0.25, 0.3) is 0 Å². The Balaban J connectivity index is 1.27. The molecule has 2 fully saturated rings. The first kappa shape index (κ1) is 18.0. The molecule has 0 unspecified atom stereocenters. The maximum Gasteiger partial charge on any atom is 0.257 e. The lowest BCUT2D eigenvalue weighted by Gasteiger charge is -2.21. The lowest BCUT2D eigenvalue weighted by atomic mass is 10.0. The quantitative estimate of drug-likeness (QED) is 0.815. The first-order chi connectivity index (χ1) is 14.2. The van der Waals surface area contributed by atoms with E-state index in [4.69, 9.17) is 9.47 Å². The summed E-state index contributed by atoms with van der Waals surface area (Å²) in [7, 11) is 0. The van der Waals surface area contributed by atoms with Crippen molar-refractivity contribution in [2.24, 2.45) is 0 Å². The fourth-order valence-electron chi connectivity index (χ4n) is 4.60. The van der Waals surface area contributed by atoms with Gasteiger partial charge in [0.15, 0.2) is 11.5 Å². The molecular formula is C22H23N3O4. The van der Waals surface area contributed by atoms with Crippen LogP contribution in [-0.2, 0) is 4.79 Å². The van der Waals surface area contributed by atoms with Crippen LogP contribution in [0.2, 0.25) is 0 Å². The molecule has 0 atom stereocenters. The molecule has 2 bridgehead atoms. The summed E-state index contributed by atoms with van der Waals surface area (Å²) in [4.78, 5) is 27.8. The highest BCUT2D eigenvalue weighted by Gasteiger charge is 2.39. The molecule has 2 amide bonds. The number of hydrogen-bond donors (Lipinski definition) is 2. The molecule has 3 heterocycles. The molecule has 0 radical (unpaired) electrons. The highest BCUT2D eigenvalue weighted by Crippen LogP contribution is 2.37. The van der Waals surface area contributed by atoms with E-state index in [-0.39, 0.29) is 18.6 Å². The molecule has 3 aliphatic rings. The fourth-order valence-corrected chi connectivity index (χ4v) is 4.60. The number of rotatable bonds is 5. The second-order valence-corrected chi connectivity index (χ2v) is 7.75. The molecule has 0 saturated carbocycles. The largest absolute Gasteiger partial charge is 0.454 e. The Bertz CT molecular complexity index is 941. The number of hydrogen-bond acceptors (Lipinski definition) is 5. The molecular weight excluding hydrogens is 370 g/mol. The number of para-hydroxylation sites is 1. The number of fused-ring (bicyclic) bond motifs is 3. The SMILES string of the molecule is O=C(CN1C2CCC1CC2)Nc1ccccc1C(=O)Nc1ccc2c(c1)OCO2. The van der Waals surface area contributed by atoms with E-state index in [1.54, 1.807) is 36.4 Å². The van der Waals surface area contributed by atoms with Crippen LogP contribution in [0.3, 0.4) is 0 Å². The van der Waals surface area contributed by atoms with Gasteiger partial charge in [-0.2, -0.15) is 0 Å². The molecule has 2 aromatic carbocycles. The number of nitrogens with one attached hydrogen (secondary N) is 2. The van der Waals surface area contributed by atoms with Crippen LogP contribution in [0.4, 0.5) is 11.4 Å². The van der Waals surface area contributed by atoms with E-state index in [9.17, 15) is 9.59 Å². The van der Waals surface area contributed by atoms with Crippen LogP contribution in [0.5, 0.6) is 11.5 Å². The first-order valence-electron chi connectivity index (χ1n) is 10.0. The standard InChI is InChI=1S/C22H23N3O4/c26-21(12-25-15-6-7-16(25)9-8-15)24-18-4-2-1-3-17(18)22(27)23-14-5-10-19-20(11-14)29-13-28-19/h1-5,10-11,15-16H,6-9,12-13H2,(H,23,27)(H,24,26). The molecule has 29 heavy (non-hydrogen) atoms. The smallest absolute Gasteiger partial charge is 0.257 e. The summed E-state index contributed by atoms with van der Waals surface area (Å²) in [5, 5.41) is 5.79. The minimum Gasteiger partial charge on any atom is -0.454 e. The Morgan fingerprint density at radius 3 is 2.45 bits per heavy atom. The number of anilines is 2. The second kappa shape index (κ2) is 7.40. The van der Waals surface area contributed by atoms with Gasteiger partial charge in [0.1, 0.15) is 0 Å². The number of carbonyl (C=O) groups is 2. The molecule has 5 rings (SSSR count). The maximum atomic E-state index is 12.8. The summed E-state index contributed by atoms with van der Waals surface area (Å²) < 4.78 is 10.6. The van der Waals surface area contributed by atoms with Crippen LogP contribution in [-0.4, -0.2) is 42.1 Å². The topological polar surface area (TPSA) is 79.9 Å². The molecule has 7 heteroatoms. The number of benzene rings is 2. The lowest BCUT2D eigenvalue weighted by Crippen LogP contribution is -2.36. The molecule has 150 valence electrons. The van der Waals surface area contributed by atoms with Gasteiger partial charge in [-0.3, -0.25) is 14.5 Å². The zero-order valence-corrected chi connectivity index (χ0v) is 16.0. The first-order valence-corrected chi connectivity index (χ1v) is 10.0. The monoisotopic (exact) mass is 393 g/mol. The van der Waals surface area contributed by atoms with Gasteiger partial charge >= 0.3 is 0 Å². The Morgan fingerprint density at radius 1 is 0.931 bits per heavy atom. The molecule has 2 aromatic rings. The maximum absolute atomic E-state index is 12.8. The summed E-state index contributed by atoms with van der Waals surface area (Å²) in [6.07, 6.45) is 4.75. The van der Waals surface area contributed by atoms with Crippen LogP contribution in [0, 0.1) is 0 Å². The fraction of sp³-hybridized carbons (Fsp3) is 0.364. The van der Waals surface area contributed by atoms with E-state index in [2.05, 4.69) is 15.5 Å². The second-order valence-electron chi connectivity index (χ2n) is 7.75. The summed E-state index contributed by atoms with van der Waals surface area (Å²) in [5.41, 5.74) is 1.54. The van der Waals surface area contributed by atoms with Crippen molar-refractivity contribution in [2.45, 2.75) is 37.8 Å². The predicted octanol–water partition coefficient (Wildman–Crippen LogP) is 3.23. The Hall–Kier alpha value is -3.06. The van der Waals surface area contributed by atoms with Crippen LogP contribution in [0.1, 0.15) is 36.0 Å². The molecule has 3 aliphatic heterocycles. The molecule has 2 N–H and O–H groups in total. The van der Waals surface area contributed by atoms with Crippen molar-refractivity contribution in [3.8, 4) is 11.5 Å². The number of amides is 2. The zero-order chi connectivity index (χ0) is 19.8. The van der Waals surface area contributed by atoms with Crippen LogP contribution in [0.15, 0.2) is 42.5 Å². The van der Waals surface area contributed by atoms with E-state index in [0.29, 0.717) is 47.1 Å². The number of ether oxygens (including phenoxy) is 2. The summed E-state index contributed by atoms with van der Waals surface area (Å²) in [6.45, 7) is 0.563. The van der Waals surface area contributed by atoms with Crippen molar-refractivity contribution in [2.75, 3.05) is 24.0 Å². The Kier molecular flexibility index (Phi) is 4.60. The van der Waals surface area contributed by atoms with Crippen molar-refractivity contribution in [1.29, 1.82) is 0 Å². The van der Waals surface area contributed by atoms with Crippen molar-refractivity contribution < 1.29 is 19.1 Å². The normalized spacial score (nSPS) is 21.9. The Morgan fingerprint density at radius 2 is 1.66 bits per heavy atom. The van der Waals surface area contributed by atoms with Gasteiger partial charge in [-0.1, -0.05) is 12.1 Å². The van der Waals surface area contributed by atoms with Crippen LogP contribution >= 0.6 is 0 Å². The van der Waals surface area contributed by atoms with Gasteiger partial charge in [-0.25, -0.2) is 0 Å². The molecule has 0 aliphatic carbocycles. The highest BCUT2D eigenvalue weighted by molar-refractivity contribution is 6.10. The highest BCUT2D eigenvalue weighted by atomic mass is 16.7. The summed E-state index contributed by atoms with van der Waals surface area (Å²) in [6, 6.07) is 13.4. The van der Waals surface area contributed by atoms with E-state index in [1.165, 1.54) is 25.7 Å². The molecule has 0 spiro atoms. The van der Waals surface area contributed by atoms with E-state index < -0.39 is 0 Å². The van der Waals surface area contributed by atoms with Crippen LogP contribution < -0.4 is 20.1 Å². The van der Waals surface area contributed by atoms with Gasteiger partial charge in [0.2, 0.25) is 12.7 Å². The van der Waals surface area contributed by atoms with Gasteiger partial charge in [0.25, 0.3) is 5.91 Å². The lowest BCUT2D eigenvalue weighted by molar-refractivity contribution is -0.117. The summed E-state index contributed by atoms with van der Waals surface area (Å²) >= 11 is 0. The molecule has 0 aromatic heterocycles. The number of carbonyl (C=O) groups excluding carboxylic acids is 2. The predicted molar refractivity (Wildman–Crippen MR) is 108 cm³/mol. The average molecular weight is 393 g/mol. The van der Waals surface area contributed by atoms with Crippen molar-refractivity contribution in [3.63, 3.8) is 0 Å². The van der Waals surface area contributed by atoms with Crippen molar-refractivity contribution >= 4 is 23.2 Å². The van der Waals surface area contributed by atoms with Gasteiger partial charge in [0.05, 0.1) is 17.8 Å². The molecule has 7 nitrogen and oxygen atoms in total. The van der Waals surface area contributed by atoms with Gasteiger partial charge < -0.3 is 20.1 Å². The van der Waals surface area contributed by atoms with Gasteiger partial charge in [-0.15, -0.1) is 0 Å². The van der Waals surface area contributed by atoms with Crippen molar-refractivity contribution in [3.05, 3.63) is 48.0 Å². The van der Waals surface area contributed by atoms with E-state index in [1.807, 2.05) is 6.07 Å². The zero-order valence-electron chi connectivity index (χ0n) is 16.0. The third-order valence-corrected chi connectivity index (χ3v) is 6.01.